The second-order valence-corrected chi connectivity index (χ2v) is 5.87. The Balaban J connectivity index is 0.00000180. The Kier molecular flexibility index (Phi) is 4.86. The van der Waals surface area contributed by atoms with Gasteiger partial charge in [0.05, 0.1) is 5.56 Å². The Morgan fingerprint density at radius 2 is 1.89 bits per heavy atom. The molecule has 0 aromatic heterocycles. The first kappa shape index (κ1) is 15.8. The third-order valence-corrected chi connectivity index (χ3v) is 4.15. The van der Waals surface area contributed by atoms with Crippen molar-refractivity contribution in [3.05, 3.63) is 28.8 Å². The number of aryl methyl sites for hydroxylation is 2. The van der Waals surface area contributed by atoms with Gasteiger partial charge in [0, 0.05) is 12.2 Å². The van der Waals surface area contributed by atoms with Crippen LogP contribution in [0.3, 0.4) is 0 Å². The highest BCUT2D eigenvalue weighted by Gasteiger charge is 2.32. The average molecular weight is 283 g/mol. The minimum absolute atomic E-state index is 0. The Morgan fingerprint density at radius 1 is 1.32 bits per heavy atom. The van der Waals surface area contributed by atoms with Crippen LogP contribution in [0.5, 0.6) is 0 Å². The van der Waals surface area contributed by atoms with Gasteiger partial charge in [-0.05, 0) is 55.4 Å². The molecule has 19 heavy (non-hydrogen) atoms. The molecule has 3 N–H and O–H groups in total. The summed E-state index contributed by atoms with van der Waals surface area (Å²) < 4.78 is 0. The van der Waals surface area contributed by atoms with E-state index in [4.69, 9.17) is 5.73 Å². The van der Waals surface area contributed by atoms with Crippen LogP contribution in [0, 0.1) is 19.3 Å². The number of rotatable bonds is 3. The second-order valence-electron chi connectivity index (χ2n) is 5.87. The topological polar surface area (TPSA) is 55.1 Å². The van der Waals surface area contributed by atoms with Crippen LogP contribution in [-0.4, -0.2) is 12.5 Å². The monoisotopic (exact) mass is 282 g/mol. The van der Waals surface area contributed by atoms with Crippen molar-refractivity contribution >= 4 is 24.0 Å². The summed E-state index contributed by atoms with van der Waals surface area (Å²) in [6, 6.07) is 3.75. The van der Waals surface area contributed by atoms with Crippen LogP contribution in [0.15, 0.2) is 12.1 Å². The van der Waals surface area contributed by atoms with Gasteiger partial charge in [-0.3, -0.25) is 4.79 Å². The summed E-state index contributed by atoms with van der Waals surface area (Å²) in [5.74, 6) is -0.0521. The molecule has 106 valence electrons. The number of benzene rings is 1. The molecule has 1 aromatic carbocycles. The van der Waals surface area contributed by atoms with Gasteiger partial charge in [-0.1, -0.05) is 13.3 Å². The summed E-state index contributed by atoms with van der Waals surface area (Å²) in [4.78, 5) is 12.1. The number of amides is 1. The van der Waals surface area contributed by atoms with Crippen molar-refractivity contribution in [1.82, 2.24) is 5.32 Å². The van der Waals surface area contributed by atoms with Crippen LogP contribution in [0.25, 0.3) is 0 Å². The van der Waals surface area contributed by atoms with E-state index in [9.17, 15) is 4.79 Å². The summed E-state index contributed by atoms with van der Waals surface area (Å²) in [5, 5.41) is 3.01. The Hall–Kier alpha value is -1.22. The SMILES string of the molecule is Cc1cc(N)c(C(=O)NCC2(C)CCC2)cc1C.Cl. The molecule has 0 radical (unpaired) electrons. The molecule has 0 bridgehead atoms. The fourth-order valence-electron chi connectivity index (χ4n) is 2.38. The summed E-state index contributed by atoms with van der Waals surface area (Å²) >= 11 is 0. The minimum Gasteiger partial charge on any atom is -0.398 e. The highest BCUT2D eigenvalue weighted by molar-refractivity contribution is 5.99. The van der Waals surface area contributed by atoms with Gasteiger partial charge in [-0.2, -0.15) is 0 Å². The maximum atomic E-state index is 12.1. The number of nitrogen functional groups attached to an aromatic ring is 1. The smallest absolute Gasteiger partial charge is 0.253 e. The van der Waals surface area contributed by atoms with E-state index in [2.05, 4.69) is 12.2 Å². The van der Waals surface area contributed by atoms with Crippen molar-refractivity contribution in [3.8, 4) is 0 Å². The molecule has 0 unspecified atom stereocenters. The number of hydrogen-bond acceptors (Lipinski definition) is 2. The van der Waals surface area contributed by atoms with Gasteiger partial charge < -0.3 is 11.1 Å². The highest BCUT2D eigenvalue weighted by Crippen LogP contribution is 2.39. The predicted octanol–water partition coefficient (Wildman–Crippen LogP) is 3.23. The first-order chi connectivity index (χ1) is 8.41. The van der Waals surface area contributed by atoms with Crippen molar-refractivity contribution in [2.45, 2.75) is 40.0 Å². The molecule has 0 heterocycles. The molecule has 2 rings (SSSR count). The molecule has 0 aliphatic heterocycles. The molecule has 1 saturated carbocycles. The van der Waals surface area contributed by atoms with E-state index in [1.54, 1.807) is 0 Å². The molecule has 1 amide bonds. The number of carbonyl (C=O) groups is 1. The molecular weight excluding hydrogens is 260 g/mol. The number of nitrogens with one attached hydrogen (secondary N) is 1. The van der Waals surface area contributed by atoms with E-state index >= 15 is 0 Å². The second kappa shape index (κ2) is 5.83. The first-order valence-corrected chi connectivity index (χ1v) is 6.56. The molecule has 0 saturated heterocycles. The number of nitrogens with two attached hydrogens (primary N) is 1. The van der Waals surface area contributed by atoms with Crippen molar-refractivity contribution in [1.29, 1.82) is 0 Å². The lowest BCUT2D eigenvalue weighted by molar-refractivity contribution is 0.0891. The summed E-state index contributed by atoms with van der Waals surface area (Å²) in [6.45, 7) is 6.97. The van der Waals surface area contributed by atoms with E-state index in [1.165, 1.54) is 19.3 Å². The van der Waals surface area contributed by atoms with E-state index in [0.717, 1.165) is 17.7 Å². The fourth-order valence-corrected chi connectivity index (χ4v) is 2.38. The largest absolute Gasteiger partial charge is 0.398 e. The van der Waals surface area contributed by atoms with E-state index in [1.807, 2.05) is 26.0 Å². The lowest BCUT2D eigenvalue weighted by Gasteiger charge is -2.38. The number of hydrogen-bond donors (Lipinski definition) is 2. The molecule has 4 heteroatoms. The zero-order valence-electron chi connectivity index (χ0n) is 11.9. The van der Waals surface area contributed by atoms with Gasteiger partial charge in [0.1, 0.15) is 0 Å². The number of halogens is 1. The van der Waals surface area contributed by atoms with Crippen LogP contribution in [0.4, 0.5) is 5.69 Å². The van der Waals surface area contributed by atoms with Crippen molar-refractivity contribution in [2.24, 2.45) is 5.41 Å². The number of carbonyl (C=O) groups excluding carboxylic acids is 1. The van der Waals surface area contributed by atoms with Crippen LogP contribution in [-0.2, 0) is 0 Å². The number of anilines is 1. The van der Waals surface area contributed by atoms with Gasteiger partial charge >= 0.3 is 0 Å². The first-order valence-electron chi connectivity index (χ1n) is 6.56. The van der Waals surface area contributed by atoms with E-state index in [-0.39, 0.29) is 18.3 Å². The maximum Gasteiger partial charge on any atom is 0.253 e. The molecule has 1 aliphatic carbocycles. The van der Waals surface area contributed by atoms with Crippen molar-refractivity contribution < 1.29 is 4.79 Å². The average Bonchev–Trinajstić information content (AvgIpc) is 2.28. The van der Waals surface area contributed by atoms with Gasteiger partial charge in [0.2, 0.25) is 0 Å². The van der Waals surface area contributed by atoms with Crippen LogP contribution < -0.4 is 11.1 Å². The molecule has 3 nitrogen and oxygen atoms in total. The van der Waals surface area contributed by atoms with Crippen molar-refractivity contribution in [2.75, 3.05) is 12.3 Å². The molecule has 0 spiro atoms. The van der Waals surface area contributed by atoms with E-state index in [0.29, 0.717) is 16.7 Å². The van der Waals surface area contributed by atoms with Gasteiger partial charge in [-0.25, -0.2) is 0 Å². The summed E-state index contributed by atoms with van der Waals surface area (Å²) in [5.41, 5.74) is 9.60. The fraction of sp³-hybridized carbons (Fsp3) is 0.533. The van der Waals surface area contributed by atoms with Crippen molar-refractivity contribution in [3.63, 3.8) is 0 Å². The lowest BCUT2D eigenvalue weighted by Crippen LogP contribution is -2.40. The maximum absolute atomic E-state index is 12.1. The zero-order valence-corrected chi connectivity index (χ0v) is 12.7. The van der Waals surface area contributed by atoms with Crippen LogP contribution >= 0.6 is 12.4 Å². The summed E-state index contributed by atoms with van der Waals surface area (Å²) in [7, 11) is 0. The molecular formula is C15H23ClN2O. The van der Waals surface area contributed by atoms with Gasteiger partial charge in [-0.15, -0.1) is 12.4 Å². The standard InChI is InChI=1S/C15H22N2O.ClH/c1-10-7-12(13(16)8-11(10)2)14(18)17-9-15(3)5-4-6-15;/h7-8H,4-6,9,16H2,1-3H3,(H,17,18);1H. The predicted molar refractivity (Wildman–Crippen MR) is 81.9 cm³/mol. The highest BCUT2D eigenvalue weighted by atomic mass is 35.5. The van der Waals surface area contributed by atoms with Crippen LogP contribution in [0.2, 0.25) is 0 Å². The Labute approximate surface area is 121 Å². The Bertz CT molecular complexity index is 481. The lowest BCUT2D eigenvalue weighted by atomic mass is 9.70. The normalized spacial score (nSPS) is 16.2. The minimum atomic E-state index is -0.0521. The van der Waals surface area contributed by atoms with Gasteiger partial charge in [0.15, 0.2) is 0 Å². The van der Waals surface area contributed by atoms with Crippen LogP contribution in [0.1, 0.15) is 47.7 Å². The quantitative estimate of drug-likeness (QED) is 0.837. The third-order valence-electron chi connectivity index (χ3n) is 4.15. The molecule has 1 fully saturated rings. The molecule has 1 aromatic rings. The zero-order chi connectivity index (χ0) is 13.3. The Morgan fingerprint density at radius 3 is 2.42 bits per heavy atom. The summed E-state index contributed by atoms with van der Waals surface area (Å²) in [6.07, 6.45) is 3.68. The van der Waals surface area contributed by atoms with Gasteiger partial charge in [0.25, 0.3) is 5.91 Å². The molecule has 0 atom stereocenters. The van der Waals surface area contributed by atoms with E-state index < -0.39 is 0 Å². The third kappa shape index (κ3) is 3.41. The molecule has 1 aliphatic rings.